The second-order valence-corrected chi connectivity index (χ2v) is 8.30. The average Bonchev–Trinajstić information content (AvgIpc) is 3.31. The fraction of sp³-hybridized carbons (Fsp3) is 0.261. The normalized spacial score (nSPS) is 13.6. The van der Waals surface area contributed by atoms with Gasteiger partial charge in [-0.15, -0.1) is 0 Å². The maximum atomic E-state index is 13.1. The number of aryl methyl sites for hydroxylation is 2. The second-order valence-electron chi connectivity index (χ2n) is 7.87. The van der Waals surface area contributed by atoms with Gasteiger partial charge in [0, 0.05) is 46.7 Å². The number of rotatable bonds is 3. The zero-order valence-electron chi connectivity index (χ0n) is 16.8. The summed E-state index contributed by atoms with van der Waals surface area (Å²) in [5, 5.41) is 13.4. The van der Waals surface area contributed by atoms with E-state index in [-0.39, 0.29) is 12.3 Å². The lowest BCUT2D eigenvalue weighted by Gasteiger charge is -2.27. The lowest BCUT2D eigenvalue weighted by molar-refractivity contribution is -0.131. The van der Waals surface area contributed by atoms with Crippen molar-refractivity contribution in [3.8, 4) is 11.3 Å². The smallest absolute Gasteiger partial charge is 0.229 e. The molecule has 1 amide bonds. The number of aromatic nitrogens is 3. The molecule has 0 saturated heterocycles. The first-order chi connectivity index (χ1) is 14.5. The van der Waals surface area contributed by atoms with E-state index in [9.17, 15) is 4.79 Å². The summed E-state index contributed by atoms with van der Waals surface area (Å²) in [6, 6.07) is 11.7. The van der Waals surface area contributed by atoms with Gasteiger partial charge in [-0.3, -0.25) is 9.89 Å². The topological polar surface area (TPSA) is 75.0 Å². The predicted molar refractivity (Wildman–Crippen MR) is 115 cm³/mol. The third-order valence-corrected chi connectivity index (χ3v) is 5.92. The molecule has 7 heteroatoms. The highest BCUT2D eigenvalue weighted by Gasteiger charge is 2.27. The van der Waals surface area contributed by atoms with Crippen LogP contribution in [0.3, 0.4) is 0 Å². The van der Waals surface area contributed by atoms with Crippen molar-refractivity contribution < 1.29 is 9.32 Å². The summed E-state index contributed by atoms with van der Waals surface area (Å²) in [4.78, 5) is 15.0. The number of carbonyl (C=O) groups excluding carboxylic acids is 1. The van der Waals surface area contributed by atoms with Gasteiger partial charge in [0.05, 0.1) is 12.1 Å². The summed E-state index contributed by atoms with van der Waals surface area (Å²) in [5.74, 6) is 0.0362. The molecule has 2 aromatic carbocycles. The Hall–Kier alpha value is -3.12. The maximum Gasteiger partial charge on any atom is 0.229 e. The molecule has 0 saturated carbocycles. The highest BCUT2D eigenvalue weighted by atomic mass is 35.5. The van der Waals surface area contributed by atoms with Crippen LogP contribution in [-0.4, -0.2) is 32.7 Å². The van der Waals surface area contributed by atoms with Gasteiger partial charge in [-0.05, 0) is 43.2 Å². The quantitative estimate of drug-likeness (QED) is 0.525. The lowest BCUT2D eigenvalue weighted by Crippen LogP contribution is -2.37. The molecule has 0 aliphatic carbocycles. The van der Waals surface area contributed by atoms with E-state index in [1.807, 2.05) is 49.1 Å². The molecule has 0 bridgehead atoms. The molecule has 2 aromatic heterocycles. The fourth-order valence-electron chi connectivity index (χ4n) is 4.28. The highest BCUT2D eigenvalue weighted by molar-refractivity contribution is 6.30. The predicted octanol–water partition coefficient (Wildman–Crippen LogP) is 4.62. The third-order valence-electron chi connectivity index (χ3n) is 5.69. The molecular weight excluding hydrogens is 400 g/mol. The Bertz CT molecular complexity index is 1270. The van der Waals surface area contributed by atoms with Crippen molar-refractivity contribution in [3.63, 3.8) is 0 Å². The number of benzene rings is 2. The minimum Gasteiger partial charge on any atom is -0.356 e. The van der Waals surface area contributed by atoms with Gasteiger partial charge in [-0.2, -0.15) is 5.10 Å². The van der Waals surface area contributed by atoms with E-state index in [0.29, 0.717) is 23.8 Å². The van der Waals surface area contributed by atoms with E-state index >= 15 is 0 Å². The summed E-state index contributed by atoms with van der Waals surface area (Å²) >= 11 is 6.16. The van der Waals surface area contributed by atoms with Gasteiger partial charge in [-0.1, -0.05) is 35.0 Å². The molecule has 5 rings (SSSR count). The number of aromatic amines is 1. The maximum absolute atomic E-state index is 13.1. The molecule has 6 nitrogen and oxygen atoms in total. The van der Waals surface area contributed by atoms with Crippen molar-refractivity contribution in [2.45, 2.75) is 33.2 Å². The largest absolute Gasteiger partial charge is 0.356 e. The van der Waals surface area contributed by atoms with Crippen molar-refractivity contribution >= 4 is 28.5 Å². The van der Waals surface area contributed by atoms with Crippen molar-refractivity contribution in [1.29, 1.82) is 0 Å². The van der Waals surface area contributed by atoms with Crippen molar-refractivity contribution in [1.82, 2.24) is 20.3 Å². The Balaban J connectivity index is 1.40. The van der Waals surface area contributed by atoms with Crippen molar-refractivity contribution in [2.24, 2.45) is 0 Å². The van der Waals surface area contributed by atoms with Crippen LogP contribution in [-0.2, 0) is 24.2 Å². The van der Waals surface area contributed by atoms with Gasteiger partial charge < -0.3 is 9.42 Å². The Morgan fingerprint density at radius 2 is 2.13 bits per heavy atom. The second kappa shape index (κ2) is 7.29. The van der Waals surface area contributed by atoms with Crippen molar-refractivity contribution in [2.75, 3.05) is 6.54 Å². The standard InChI is InChI=1S/C23H21ClN4O2/c1-13-8-14(2)22-19(27-30-20(22)9-13)11-21(29)28-7-6-18-17(12-28)23(26-25-18)15-4-3-5-16(24)10-15/h3-5,8-10H,6-7,11-12H2,1-2H3,(H,25,26). The van der Waals surface area contributed by atoms with E-state index in [0.717, 1.165) is 51.0 Å². The molecule has 30 heavy (non-hydrogen) atoms. The molecule has 4 aromatic rings. The van der Waals surface area contributed by atoms with Gasteiger partial charge in [-0.25, -0.2) is 0 Å². The van der Waals surface area contributed by atoms with E-state index < -0.39 is 0 Å². The number of nitrogens with zero attached hydrogens (tertiary/aromatic N) is 3. The monoisotopic (exact) mass is 420 g/mol. The molecule has 3 heterocycles. The number of halogens is 1. The SMILES string of the molecule is Cc1cc(C)c2c(CC(=O)N3CCc4[nH]nc(-c5cccc(Cl)c5)c4C3)noc2c1. The molecule has 0 atom stereocenters. The first-order valence-electron chi connectivity index (χ1n) is 9.95. The molecule has 152 valence electrons. The summed E-state index contributed by atoms with van der Waals surface area (Å²) in [6.45, 7) is 5.21. The molecule has 0 fully saturated rings. The van der Waals surface area contributed by atoms with Crippen LogP contribution < -0.4 is 0 Å². The number of carbonyl (C=O) groups is 1. The van der Waals surface area contributed by atoms with Crippen LogP contribution in [0.5, 0.6) is 0 Å². The number of amides is 1. The van der Waals surface area contributed by atoms with E-state index in [1.54, 1.807) is 0 Å². The summed E-state index contributed by atoms with van der Waals surface area (Å²) in [6.07, 6.45) is 0.961. The van der Waals surface area contributed by atoms with Gasteiger partial charge in [0.2, 0.25) is 5.91 Å². The van der Waals surface area contributed by atoms with Crippen molar-refractivity contribution in [3.05, 3.63) is 69.5 Å². The Kier molecular flexibility index (Phi) is 4.59. The van der Waals surface area contributed by atoms with Gasteiger partial charge >= 0.3 is 0 Å². The van der Waals surface area contributed by atoms with Crippen LogP contribution in [0.25, 0.3) is 22.2 Å². The number of hydrogen-bond acceptors (Lipinski definition) is 4. The number of H-pyrrole nitrogens is 1. The van der Waals surface area contributed by atoms with Crippen LogP contribution in [0.2, 0.25) is 5.02 Å². The Morgan fingerprint density at radius 3 is 2.97 bits per heavy atom. The summed E-state index contributed by atoms with van der Waals surface area (Å²) in [5.41, 5.74) is 7.54. The Morgan fingerprint density at radius 1 is 1.27 bits per heavy atom. The summed E-state index contributed by atoms with van der Waals surface area (Å²) < 4.78 is 5.48. The summed E-state index contributed by atoms with van der Waals surface area (Å²) in [7, 11) is 0. The number of hydrogen-bond donors (Lipinski definition) is 1. The van der Waals surface area contributed by atoms with Crippen LogP contribution >= 0.6 is 11.6 Å². The fourth-order valence-corrected chi connectivity index (χ4v) is 4.47. The van der Waals surface area contributed by atoms with Crippen LogP contribution in [0.4, 0.5) is 0 Å². The molecule has 1 aliphatic rings. The lowest BCUT2D eigenvalue weighted by atomic mass is 10.00. The average molecular weight is 421 g/mol. The number of fused-ring (bicyclic) bond motifs is 2. The minimum absolute atomic E-state index is 0.0362. The highest BCUT2D eigenvalue weighted by Crippen LogP contribution is 2.30. The zero-order chi connectivity index (χ0) is 20.8. The molecule has 0 spiro atoms. The minimum atomic E-state index is 0.0362. The van der Waals surface area contributed by atoms with Gasteiger partial charge in [0.1, 0.15) is 5.69 Å². The Labute approximate surface area is 178 Å². The molecule has 1 N–H and O–H groups in total. The van der Waals surface area contributed by atoms with Gasteiger partial charge in [0.15, 0.2) is 5.58 Å². The van der Waals surface area contributed by atoms with E-state index in [4.69, 9.17) is 16.1 Å². The van der Waals surface area contributed by atoms with Crippen LogP contribution in [0.1, 0.15) is 28.1 Å². The van der Waals surface area contributed by atoms with Crippen LogP contribution in [0, 0.1) is 13.8 Å². The molecule has 0 unspecified atom stereocenters. The first kappa shape index (κ1) is 18.9. The molecular formula is C23H21ClN4O2. The van der Waals surface area contributed by atoms with E-state index in [1.165, 1.54) is 0 Å². The third kappa shape index (κ3) is 3.27. The molecule has 1 aliphatic heterocycles. The number of nitrogens with one attached hydrogen (secondary N) is 1. The van der Waals surface area contributed by atoms with E-state index in [2.05, 4.69) is 21.4 Å². The van der Waals surface area contributed by atoms with Crippen LogP contribution in [0.15, 0.2) is 40.9 Å². The zero-order valence-corrected chi connectivity index (χ0v) is 17.6. The van der Waals surface area contributed by atoms with Gasteiger partial charge in [0.25, 0.3) is 0 Å². The molecule has 0 radical (unpaired) electrons. The first-order valence-corrected chi connectivity index (χ1v) is 10.3.